The molecule has 1 spiro atoms. The van der Waals surface area contributed by atoms with Crippen LogP contribution in [0.3, 0.4) is 0 Å². The summed E-state index contributed by atoms with van der Waals surface area (Å²) >= 11 is 0. The van der Waals surface area contributed by atoms with Crippen molar-refractivity contribution in [2.75, 3.05) is 19.7 Å². The molecule has 2 fully saturated rings. The highest BCUT2D eigenvalue weighted by molar-refractivity contribution is 5.98. The second-order valence-corrected chi connectivity index (χ2v) is 9.32. The van der Waals surface area contributed by atoms with Gasteiger partial charge in [0.2, 0.25) is 5.91 Å². The van der Waals surface area contributed by atoms with Crippen molar-refractivity contribution in [1.82, 2.24) is 15.1 Å². The highest BCUT2D eigenvalue weighted by Gasteiger charge is 2.54. The van der Waals surface area contributed by atoms with Crippen LogP contribution in [0.25, 0.3) is 0 Å². The van der Waals surface area contributed by atoms with Gasteiger partial charge in [0.05, 0.1) is 12.9 Å². The first-order valence-corrected chi connectivity index (χ1v) is 10.9. The second kappa shape index (κ2) is 8.43. The van der Waals surface area contributed by atoms with E-state index in [-0.39, 0.29) is 30.1 Å². The van der Waals surface area contributed by atoms with E-state index in [4.69, 9.17) is 9.15 Å². The third kappa shape index (κ3) is 4.27. The number of nitrogens with zero attached hydrogens (tertiary/aromatic N) is 2. The fourth-order valence-corrected chi connectivity index (χ4v) is 4.35. The molecule has 8 heteroatoms. The maximum Gasteiger partial charge on any atom is 0.289 e. The van der Waals surface area contributed by atoms with Gasteiger partial charge in [-0.3, -0.25) is 19.3 Å². The maximum atomic E-state index is 13.6. The molecule has 1 aromatic carbocycles. The van der Waals surface area contributed by atoms with Crippen molar-refractivity contribution in [3.8, 4) is 0 Å². The number of carbonyl (C=O) groups excluding carboxylic acids is 3. The van der Waals surface area contributed by atoms with Gasteiger partial charge in [-0.05, 0) is 45.0 Å². The van der Waals surface area contributed by atoms with Gasteiger partial charge >= 0.3 is 0 Å². The van der Waals surface area contributed by atoms with E-state index in [9.17, 15) is 14.4 Å². The van der Waals surface area contributed by atoms with Gasteiger partial charge in [0.1, 0.15) is 11.8 Å². The van der Waals surface area contributed by atoms with E-state index in [1.165, 1.54) is 6.26 Å². The van der Waals surface area contributed by atoms with Crippen molar-refractivity contribution in [2.45, 2.75) is 50.9 Å². The van der Waals surface area contributed by atoms with Crippen LogP contribution in [0.1, 0.15) is 54.5 Å². The molecule has 3 amide bonds. The lowest BCUT2D eigenvalue weighted by molar-refractivity contribution is -0.129. The minimum Gasteiger partial charge on any atom is -0.459 e. The number of carbonyl (C=O) groups is 3. The van der Waals surface area contributed by atoms with Gasteiger partial charge in [0.15, 0.2) is 5.76 Å². The monoisotopic (exact) mass is 439 g/mol. The second-order valence-electron chi connectivity index (χ2n) is 9.32. The summed E-state index contributed by atoms with van der Waals surface area (Å²) in [4.78, 5) is 42.6. The summed E-state index contributed by atoms with van der Waals surface area (Å²) in [7, 11) is 0. The van der Waals surface area contributed by atoms with Crippen LogP contribution in [-0.4, -0.2) is 64.5 Å². The highest BCUT2D eigenvalue weighted by Crippen LogP contribution is 2.39. The predicted molar refractivity (Wildman–Crippen MR) is 117 cm³/mol. The minimum atomic E-state index is -0.938. The molecule has 4 rings (SSSR count). The molecule has 170 valence electrons. The Labute approximate surface area is 187 Å². The summed E-state index contributed by atoms with van der Waals surface area (Å²) in [6.45, 7) is 6.61. The van der Waals surface area contributed by atoms with Crippen molar-refractivity contribution in [2.24, 2.45) is 0 Å². The van der Waals surface area contributed by atoms with Crippen molar-refractivity contribution in [3.05, 3.63) is 60.1 Å². The third-order valence-corrected chi connectivity index (χ3v) is 5.86. The van der Waals surface area contributed by atoms with E-state index in [0.717, 1.165) is 0 Å². The molecule has 32 heavy (non-hydrogen) atoms. The lowest BCUT2D eigenvalue weighted by Crippen LogP contribution is -2.60. The number of nitrogens with one attached hydrogen (secondary N) is 1. The molecule has 0 saturated carbocycles. The summed E-state index contributed by atoms with van der Waals surface area (Å²) in [5, 5.41) is 2.98. The van der Waals surface area contributed by atoms with Crippen molar-refractivity contribution >= 4 is 17.7 Å². The van der Waals surface area contributed by atoms with Crippen molar-refractivity contribution in [1.29, 1.82) is 0 Å². The van der Waals surface area contributed by atoms with E-state index in [1.807, 2.05) is 26.8 Å². The average Bonchev–Trinajstić information content (AvgIpc) is 3.42. The molecule has 2 aliphatic heterocycles. The van der Waals surface area contributed by atoms with Gasteiger partial charge in [-0.25, -0.2) is 0 Å². The average molecular weight is 440 g/mol. The smallest absolute Gasteiger partial charge is 0.289 e. The Bertz CT molecular complexity index is 973. The summed E-state index contributed by atoms with van der Waals surface area (Å²) in [5.74, 6) is -0.394. The summed E-state index contributed by atoms with van der Waals surface area (Å²) in [5.41, 5.74) is -0.875. The molecule has 8 nitrogen and oxygen atoms in total. The molecule has 1 atom stereocenters. The van der Waals surface area contributed by atoms with Crippen LogP contribution in [0.15, 0.2) is 53.1 Å². The predicted octanol–water partition coefficient (Wildman–Crippen LogP) is 2.67. The molecule has 3 heterocycles. The van der Waals surface area contributed by atoms with E-state index >= 15 is 0 Å². The van der Waals surface area contributed by atoms with Crippen LogP contribution < -0.4 is 5.32 Å². The Kier molecular flexibility index (Phi) is 5.81. The molecule has 0 radical (unpaired) electrons. The fraction of sp³-hybridized carbons (Fsp3) is 0.458. The first-order chi connectivity index (χ1) is 15.2. The molecule has 0 aliphatic carbocycles. The Hall–Kier alpha value is -3.13. The number of amides is 3. The number of hydrogen-bond acceptors (Lipinski definition) is 5. The standard InChI is InChI=1S/C24H29N3O5/c1-23(2,3)25-20(28)18-16-32-24(27(18)21(29)17-8-5-4-6-9-17)11-13-26(14-12-24)22(30)19-10-7-15-31-19/h4-10,15,18H,11-14,16H2,1-3H3,(H,25,28)/t18-/m0/s1. The number of piperidine rings is 1. The van der Waals surface area contributed by atoms with Gasteiger partial charge in [-0.2, -0.15) is 0 Å². The first kappa shape index (κ1) is 22.1. The molecule has 0 unspecified atom stereocenters. The van der Waals surface area contributed by atoms with Gasteiger partial charge < -0.3 is 19.4 Å². The van der Waals surface area contributed by atoms with E-state index in [1.54, 1.807) is 46.2 Å². The van der Waals surface area contributed by atoms with Crippen LogP contribution in [-0.2, 0) is 9.53 Å². The lowest BCUT2D eigenvalue weighted by atomic mass is 9.96. The number of hydrogen-bond donors (Lipinski definition) is 1. The quantitative estimate of drug-likeness (QED) is 0.794. The van der Waals surface area contributed by atoms with Crippen molar-refractivity contribution in [3.63, 3.8) is 0 Å². The number of likely N-dealkylation sites (tertiary alicyclic amines) is 1. The van der Waals surface area contributed by atoms with Crippen LogP contribution in [0.2, 0.25) is 0 Å². The zero-order valence-corrected chi connectivity index (χ0v) is 18.7. The number of ether oxygens (including phenoxy) is 1. The molecule has 1 N–H and O–H groups in total. The van der Waals surface area contributed by atoms with Gasteiger partial charge in [-0.1, -0.05) is 18.2 Å². The number of benzene rings is 1. The number of rotatable bonds is 3. The Morgan fingerprint density at radius 2 is 1.69 bits per heavy atom. The fourth-order valence-electron chi connectivity index (χ4n) is 4.35. The normalized spacial score (nSPS) is 20.4. The molecule has 2 aromatic rings. The largest absolute Gasteiger partial charge is 0.459 e. The van der Waals surface area contributed by atoms with Gasteiger partial charge in [-0.15, -0.1) is 0 Å². The molecule has 2 saturated heterocycles. The molecule has 2 aliphatic rings. The zero-order chi connectivity index (χ0) is 22.9. The maximum absolute atomic E-state index is 13.6. The summed E-state index contributed by atoms with van der Waals surface area (Å²) in [6.07, 6.45) is 2.30. The third-order valence-electron chi connectivity index (χ3n) is 5.86. The van der Waals surface area contributed by atoms with Crippen LogP contribution in [0.4, 0.5) is 0 Å². The zero-order valence-electron chi connectivity index (χ0n) is 18.7. The number of furan rings is 1. The highest BCUT2D eigenvalue weighted by atomic mass is 16.5. The Balaban J connectivity index is 1.58. The summed E-state index contributed by atoms with van der Waals surface area (Å²) in [6, 6.07) is 11.5. The van der Waals surface area contributed by atoms with Crippen LogP contribution >= 0.6 is 0 Å². The first-order valence-electron chi connectivity index (χ1n) is 10.9. The molecule has 1 aromatic heterocycles. The van der Waals surface area contributed by atoms with Crippen molar-refractivity contribution < 1.29 is 23.5 Å². The topological polar surface area (TPSA) is 92.1 Å². The van der Waals surface area contributed by atoms with Gasteiger partial charge in [0, 0.05) is 37.0 Å². The minimum absolute atomic E-state index is 0.118. The van der Waals surface area contributed by atoms with E-state index < -0.39 is 17.3 Å². The Morgan fingerprint density at radius 1 is 1.00 bits per heavy atom. The van der Waals surface area contributed by atoms with Crippen LogP contribution in [0.5, 0.6) is 0 Å². The van der Waals surface area contributed by atoms with Crippen LogP contribution in [0, 0.1) is 0 Å². The molecular formula is C24H29N3O5. The lowest BCUT2D eigenvalue weighted by Gasteiger charge is -2.44. The van der Waals surface area contributed by atoms with Gasteiger partial charge in [0.25, 0.3) is 11.8 Å². The van der Waals surface area contributed by atoms with E-state index in [0.29, 0.717) is 31.5 Å². The summed E-state index contributed by atoms with van der Waals surface area (Å²) < 4.78 is 11.4. The SMILES string of the molecule is CC(C)(C)NC(=O)[C@@H]1COC2(CCN(C(=O)c3ccco3)CC2)N1C(=O)c1ccccc1. The Morgan fingerprint density at radius 3 is 2.28 bits per heavy atom. The van der Waals surface area contributed by atoms with E-state index in [2.05, 4.69) is 5.32 Å². The molecular weight excluding hydrogens is 410 g/mol. The molecule has 0 bridgehead atoms.